The summed E-state index contributed by atoms with van der Waals surface area (Å²) in [5, 5.41) is 8.42. The molecule has 21 heavy (non-hydrogen) atoms. The van der Waals surface area contributed by atoms with Crippen molar-refractivity contribution in [3.8, 4) is 11.1 Å². The van der Waals surface area contributed by atoms with Crippen LogP contribution in [0.2, 0.25) is 0 Å². The van der Waals surface area contributed by atoms with Crippen LogP contribution in [0.4, 0.5) is 0 Å². The van der Waals surface area contributed by atoms with Gasteiger partial charge in [-0.1, -0.05) is 48.5 Å². The van der Waals surface area contributed by atoms with Crippen LogP contribution in [0, 0.1) is 5.41 Å². The number of halogens is 1. The van der Waals surface area contributed by atoms with E-state index in [-0.39, 0.29) is 5.84 Å². The summed E-state index contributed by atoms with van der Waals surface area (Å²) in [4.78, 5) is 5.93. The molecule has 108 valence electrons. The molecule has 0 bridgehead atoms. The second-order valence-corrected chi connectivity index (χ2v) is 5.03. The van der Waals surface area contributed by atoms with Crippen molar-refractivity contribution in [3.63, 3.8) is 0 Å². The topological polar surface area (TPSA) is 39.5 Å². The van der Waals surface area contributed by atoms with Gasteiger partial charge < -0.3 is 4.90 Å². The predicted octanol–water partition coefficient (Wildman–Crippen LogP) is 4.23. The maximum Gasteiger partial charge on any atom is 0.200 e. The lowest BCUT2D eigenvalue weighted by Gasteiger charge is -2.13. The normalized spacial score (nSPS) is 11.3. The zero-order valence-corrected chi connectivity index (χ0v) is 12.9. The predicted molar refractivity (Wildman–Crippen MR) is 90.3 cm³/mol. The van der Waals surface area contributed by atoms with Gasteiger partial charge in [0, 0.05) is 19.2 Å². The number of benzene rings is 2. The minimum atomic E-state index is 0.165. The highest BCUT2D eigenvalue weighted by atomic mass is 35.5. The number of hydrogen-bond acceptors (Lipinski definition) is 1. The number of rotatable bonds is 3. The van der Waals surface area contributed by atoms with E-state index < -0.39 is 0 Å². The Morgan fingerprint density at radius 2 is 1.76 bits per heavy atom. The molecule has 0 saturated carbocycles. The number of amidine groups is 2. The Bertz CT molecular complexity index is 650. The fourth-order valence-corrected chi connectivity index (χ4v) is 2.05. The molecule has 0 radical (unpaired) electrons. The van der Waals surface area contributed by atoms with Crippen molar-refractivity contribution in [2.24, 2.45) is 4.99 Å². The Kier molecular flexibility index (Phi) is 5.12. The monoisotopic (exact) mass is 299 g/mol. The van der Waals surface area contributed by atoms with Crippen LogP contribution in [-0.4, -0.2) is 29.6 Å². The molecule has 3 nitrogen and oxygen atoms in total. The lowest BCUT2D eigenvalue weighted by molar-refractivity contribution is 0.546. The first-order chi connectivity index (χ1) is 10.1. The second kappa shape index (κ2) is 7.04. The van der Waals surface area contributed by atoms with Gasteiger partial charge in [0.1, 0.15) is 0 Å². The molecule has 0 aliphatic heterocycles. The van der Waals surface area contributed by atoms with Crippen LogP contribution in [0.1, 0.15) is 12.5 Å². The molecule has 0 fully saturated rings. The Labute approximate surface area is 130 Å². The summed E-state index contributed by atoms with van der Waals surface area (Å²) in [5.41, 5.74) is 2.93. The highest BCUT2D eigenvalue weighted by molar-refractivity contribution is 6.65. The van der Waals surface area contributed by atoms with E-state index in [9.17, 15) is 0 Å². The third kappa shape index (κ3) is 3.92. The smallest absolute Gasteiger partial charge is 0.200 e. The molecule has 2 rings (SSSR count). The summed E-state index contributed by atoms with van der Waals surface area (Å²) in [6, 6.07) is 17.9. The van der Waals surface area contributed by atoms with E-state index in [4.69, 9.17) is 17.0 Å². The van der Waals surface area contributed by atoms with Crippen LogP contribution in [0.3, 0.4) is 0 Å². The quantitative estimate of drug-likeness (QED) is 0.514. The molecule has 0 unspecified atom stereocenters. The highest BCUT2D eigenvalue weighted by Crippen LogP contribution is 2.20. The Morgan fingerprint density at radius 3 is 2.43 bits per heavy atom. The third-order valence-corrected chi connectivity index (χ3v) is 3.61. The summed E-state index contributed by atoms with van der Waals surface area (Å²) in [7, 11) is 1.85. The van der Waals surface area contributed by atoms with Gasteiger partial charge in [0.25, 0.3) is 0 Å². The van der Waals surface area contributed by atoms with Gasteiger partial charge in [0.05, 0.1) is 0 Å². The van der Waals surface area contributed by atoms with Crippen molar-refractivity contribution in [1.29, 1.82) is 5.41 Å². The molecule has 0 aliphatic carbocycles. The van der Waals surface area contributed by atoms with Crippen LogP contribution in [0.15, 0.2) is 59.6 Å². The van der Waals surface area contributed by atoms with Gasteiger partial charge in [-0.15, -0.1) is 0 Å². The average Bonchev–Trinajstić information content (AvgIpc) is 2.54. The van der Waals surface area contributed by atoms with Gasteiger partial charge >= 0.3 is 0 Å². The number of nitrogens with one attached hydrogen (secondary N) is 1. The number of hydrogen-bond donors (Lipinski definition) is 1. The van der Waals surface area contributed by atoms with Crippen LogP contribution < -0.4 is 0 Å². The van der Waals surface area contributed by atoms with Crippen LogP contribution in [0.5, 0.6) is 0 Å². The van der Waals surface area contributed by atoms with Crippen LogP contribution in [0.25, 0.3) is 11.1 Å². The van der Waals surface area contributed by atoms with Gasteiger partial charge in [-0.3, -0.25) is 5.41 Å². The summed E-state index contributed by atoms with van der Waals surface area (Å²) in [5.74, 6) is 0.165. The molecule has 0 spiro atoms. The lowest BCUT2D eigenvalue weighted by atomic mass is 10.0. The van der Waals surface area contributed by atoms with E-state index in [0.717, 1.165) is 23.2 Å². The molecule has 1 N–H and O–H groups in total. The summed E-state index contributed by atoms with van der Waals surface area (Å²) < 4.78 is 0. The first-order valence-corrected chi connectivity index (χ1v) is 7.19. The standard InChI is InChI=1S/C17H18ClN3/c1-3-21(2)17(18)20-16(19)15-11-7-10-14(12-15)13-8-5-4-6-9-13/h4-12,19H,3H2,1-2H3/b19-16?,20-17-. The Morgan fingerprint density at radius 1 is 1.10 bits per heavy atom. The van der Waals surface area contributed by atoms with Crippen molar-refractivity contribution in [3.05, 3.63) is 60.2 Å². The molecule has 0 atom stereocenters. The van der Waals surface area contributed by atoms with Crippen LogP contribution in [-0.2, 0) is 0 Å². The SMILES string of the molecule is CCN(C)/C(Cl)=N\C(=N)c1cccc(-c2ccccc2)c1. The van der Waals surface area contributed by atoms with E-state index in [1.165, 1.54) is 0 Å². The number of nitrogens with zero attached hydrogens (tertiary/aromatic N) is 2. The van der Waals surface area contributed by atoms with Gasteiger partial charge in [0.2, 0.25) is 0 Å². The highest BCUT2D eigenvalue weighted by Gasteiger charge is 2.06. The molecule has 4 heteroatoms. The summed E-state index contributed by atoms with van der Waals surface area (Å²) >= 11 is 6.07. The van der Waals surface area contributed by atoms with Crippen molar-refractivity contribution in [2.75, 3.05) is 13.6 Å². The van der Waals surface area contributed by atoms with Gasteiger partial charge in [0.15, 0.2) is 11.1 Å². The first-order valence-electron chi connectivity index (χ1n) is 6.81. The molecular formula is C17H18ClN3. The largest absolute Gasteiger partial charge is 0.350 e. The molecule has 0 saturated heterocycles. The maximum atomic E-state index is 8.09. The second-order valence-electron chi connectivity index (χ2n) is 4.69. The zero-order chi connectivity index (χ0) is 15.2. The van der Waals surface area contributed by atoms with Crippen molar-refractivity contribution in [2.45, 2.75) is 6.92 Å². The molecule has 0 heterocycles. The van der Waals surface area contributed by atoms with Gasteiger partial charge in [-0.2, -0.15) is 0 Å². The molecule has 2 aromatic carbocycles. The van der Waals surface area contributed by atoms with E-state index in [1.807, 2.05) is 68.6 Å². The van der Waals surface area contributed by atoms with Crippen LogP contribution >= 0.6 is 11.6 Å². The van der Waals surface area contributed by atoms with Gasteiger partial charge in [-0.05, 0) is 35.7 Å². The third-order valence-electron chi connectivity index (χ3n) is 3.24. The van der Waals surface area contributed by atoms with Gasteiger partial charge in [-0.25, -0.2) is 4.99 Å². The van der Waals surface area contributed by atoms with E-state index in [1.54, 1.807) is 4.90 Å². The average molecular weight is 300 g/mol. The molecule has 0 amide bonds. The fraction of sp³-hybridized carbons (Fsp3) is 0.176. The van der Waals surface area contributed by atoms with Crippen molar-refractivity contribution < 1.29 is 0 Å². The Balaban J connectivity index is 2.28. The first kappa shape index (κ1) is 15.3. The maximum absolute atomic E-state index is 8.09. The molecule has 0 aromatic heterocycles. The number of aliphatic imine (C=N–C) groups is 1. The summed E-state index contributed by atoms with van der Waals surface area (Å²) in [6.45, 7) is 2.73. The van der Waals surface area contributed by atoms with E-state index in [0.29, 0.717) is 5.29 Å². The minimum Gasteiger partial charge on any atom is -0.350 e. The fourth-order valence-electron chi connectivity index (χ4n) is 1.85. The molecular weight excluding hydrogens is 282 g/mol. The van der Waals surface area contributed by atoms with Crippen molar-refractivity contribution in [1.82, 2.24) is 4.90 Å². The summed E-state index contributed by atoms with van der Waals surface area (Å²) in [6.07, 6.45) is 0. The zero-order valence-electron chi connectivity index (χ0n) is 12.2. The van der Waals surface area contributed by atoms with E-state index >= 15 is 0 Å². The van der Waals surface area contributed by atoms with Crippen molar-refractivity contribution >= 4 is 22.7 Å². The molecule has 2 aromatic rings. The minimum absolute atomic E-state index is 0.165. The Hall–Kier alpha value is -2.13. The lowest BCUT2D eigenvalue weighted by Crippen LogP contribution is -2.22. The molecule has 0 aliphatic rings. The van der Waals surface area contributed by atoms with E-state index in [2.05, 4.69) is 4.99 Å².